The molecule has 5 nitrogen and oxygen atoms in total. The molecule has 0 bridgehead atoms. The van der Waals surface area contributed by atoms with Gasteiger partial charge in [0.2, 0.25) is 5.91 Å². The molecule has 1 heterocycles. The van der Waals surface area contributed by atoms with Crippen LogP contribution >= 0.6 is 11.8 Å². The summed E-state index contributed by atoms with van der Waals surface area (Å²) in [6, 6.07) is 9.44. The van der Waals surface area contributed by atoms with Gasteiger partial charge in [0.15, 0.2) is 0 Å². The monoisotopic (exact) mass is 308 g/mol. The van der Waals surface area contributed by atoms with E-state index in [2.05, 4.69) is 5.32 Å². The average Bonchev–Trinajstić information content (AvgIpc) is 2.91. The second-order valence-corrected chi connectivity index (χ2v) is 6.03. The minimum Gasteiger partial charge on any atom is -0.394 e. The van der Waals surface area contributed by atoms with Gasteiger partial charge in [-0.1, -0.05) is 42.1 Å². The van der Waals surface area contributed by atoms with E-state index in [1.807, 2.05) is 30.3 Å². The van der Waals surface area contributed by atoms with E-state index in [1.165, 1.54) is 11.8 Å². The summed E-state index contributed by atoms with van der Waals surface area (Å²) in [6.45, 7) is 1.06. The highest BCUT2D eigenvalue weighted by Gasteiger charge is 2.21. The molecule has 0 aliphatic carbocycles. The van der Waals surface area contributed by atoms with E-state index in [0.29, 0.717) is 19.5 Å². The minimum absolute atomic E-state index is 0.0470. The molecule has 1 fully saturated rings. The Morgan fingerprint density at radius 2 is 2.14 bits per heavy atom. The maximum Gasteiger partial charge on any atom is 0.281 e. The van der Waals surface area contributed by atoms with E-state index in [0.717, 1.165) is 11.3 Å². The van der Waals surface area contributed by atoms with E-state index in [4.69, 9.17) is 0 Å². The Labute approximate surface area is 128 Å². The van der Waals surface area contributed by atoms with Crippen LogP contribution in [0.5, 0.6) is 0 Å². The lowest BCUT2D eigenvalue weighted by Gasteiger charge is -2.18. The van der Waals surface area contributed by atoms with Gasteiger partial charge in [-0.25, -0.2) is 0 Å². The molecule has 2 amide bonds. The lowest BCUT2D eigenvalue weighted by Crippen LogP contribution is -2.40. The van der Waals surface area contributed by atoms with Gasteiger partial charge in [0, 0.05) is 25.3 Å². The van der Waals surface area contributed by atoms with Crippen LogP contribution in [0.25, 0.3) is 0 Å². The molecule has 2 N–H and O–H groups in total. The number of carbonyl (C=O) groups excluding carboxylic acids is 2. The number of aliphatic hydroxyl groups excluding tert-OH is 1. The maximum atomic E-state index is 11.9. The van der Waals surface area contributed by atoms with Crippen molar-refractivity contribution < 1.29 is 14.7 Å². The highest BCUT2D eigenvalue weighted by molar-refractivity contribution is 8.13. The Hall–Kier alpha value is -1.53. The molecule has 114 valence electrons. The molecule has 1 aromatic rings. The third kappa shape index (κ3) is 5.06. The summed E-state index contributed by atoms with van der Waals surface area (Å²) in [6.07, 6.45) is 0.874. The van der Waals surface area contributed by atoms with Crippen LogP contribution in [0.2, 0.25) is 0 Å². The highest BCUT2D eigenvalue weighted by Crippen LogP contribution is 2.17. The molecule has 1 atom stereocenters. The number of hydrogen-bond acceptors (Lipinski definition) is 4. The fourth-order valence-electron chi connectivity index (χ4n) is 2.22. The van der Waals surface area contributed by atoms with Crippen LogP contribution in [0.4, 0.5) is 4.79 Å². The smallest absolute Gasteiger partial charge is 0.281 e. The lowest BCUT2D eigenvalue weighted by molar-refractivity contribution is -0.122. The first kappa shape index (κ1) is 15.9. The number of hydrogen-bond donors (Lipinski definition) is 2. The number of carbonyl (C=O) groups is 2. The number of thioether (sulfide) groups is 1. The van der Waals surface area contributed by atoms with Crippen molar-refractivity contribution in [3.05, 3.63) is 35.9 Å². The number of nitrogens with zero attached hydrogens (tertiary/aromatic N) is 1. The van der Waals surface area contributed by atoms with Gasteiger partial charge < -0.3 is 15.3 Å². The molecule has 0 unspecified atom stereocenters. The Morgan fingerprint density at radius 1 is 1.38 bits per heavy atom. The maximum absolute atomic E-state index is 11.9. The first-order valence-corrected chi connectivity index (χ1v) is 8.03. The Bertz CT molecular complexity index is 481. The Kier molecular flexibility index (Phi) is 6.07. The molecule has 0 spiro atoms. The number of aliphatic hydroxyl groups is 1. The van der Waals surface area contributed by atoms with Crippen LogP contribution in [0.1, 0.15) is 12.0 Å². The van der Waals surface area contributed by atoms with E-state index in [-0.39, 0.29) is 30.2 Å². The van der Waals surface area contributed by atoms with Crippen molar-refractivity contribution in [2.24, 2.45) is 0 Å². The summed E-state index contributed by atoms with van der Waals surface area (Å²) in [5.74, 6) is 0.669. The van der Waals surface area contributed by atoms with Crippen molar-refractivity contribution in [3.63, 3.8) is 0 Å². The predicted molar refractivity (Wildman–Crippen MR) is 83.2 cm³/mol. The first-order chi connectivity index (χ1) is 10.2. The molecule has 1 aliphatic rings. The Balaban J connectivity index is 1.75. The summed E-state index contributed by atoms with van der Waals surface area (Å²) in [5, 5.41) is 12.2. The predicted octanol–water partition coefficient (Wildman–Crippen LogP) is 1.27. The standard InChI is InChI=1S/C15H20N2O3S/c18-11-13(10-12-4-2-1-3-5-12)16-14(19)6-7-17-8-9-21-15(17)20/h1-5,13,18H,6-11H2,(H,16,19)/t13-/m0/s1. The van der Waals surface area contributed by atoms with Gasteiger partial charge in [-0.3, -0.25) is 9.59 Å². The SMILES string of the molecule is O=C(CCN1CCSC1=O)N[C@H](CO)Cc1ccccc1. The minimum atomic E-state index is -0.288. The van der Waals surface area contributed by atoms with Crippen molar-refractivity contribution in [2.45, 2.75) is 18.9 Å². The van der Waals surface area contributed by atoms with E-state index < -0.39 is 0 Å². The molecule has 2 rings (SSSR count). The van der Waals surface area contributed by atoms with Crippen molar-refractivity contribution >= 4 is 22.9 Å². The zero-order chi connectivity index (χ0) is 15.1. The van der Waals surface area contributed by atoms with Crippen LogP contribution in [0.15, 0.2) is 30.3 Å². The number of nitrogens with one attached hydrogen (secondary N) is 1. The molecular weight excluding hydrogens is 288 g/mol. The number of benzene rings is 1. The molecule has 1 aromatic carbocycles. The molecular formula is C15H20N2O3S. The van der Waals surface area contributed by atoms with Gasteiger partial charge in [-0.2, -0.15) is 0 Å². The fraction of sp³-hybridized carbons (Fsp3) is 0.467. The van der Waals surface area contributed by atoms with E-state index in [9.17, 15) is 14.7 Å². The summed E-state index contributed by atoms with van der Waals surface area (Å²) < 4.78 is 0. The molecule has 0 radical (unpaired) electrons. The summed E-state index contributed by atoms with van der Waals surface area (Å²) in [5.41, 5.74) is 1.07. The third-order valence-electron chi connectivity index (χ3n) is 3.36. The van der Waals surface area contributed by atoms with Gasteiger partial charge in [-0.05, 0) is 12.0 Å². The third-order valence-corrected chi connectivity index (χ3v) is 4.26. The van der Waals surface area contributed by atoms with Gasteiger partial charge in [-0.15, -0.1) is 0 Å². The number of amides is 2. The molecule has 6 heteroatoms. The van der Waals surface area contributed by atoms with E-state index >= 15 is 0 Å². The van der Waals surface area contributed by atoms with Gasteiger partial charge in [0.25, 0.3) is 5.24 Å². The van der Waals surface area contributed by atoms with Crippen LogP contribution < -0.4 is 5.32 Å². The van der Waals surface area contributed by atoms with Gasteiger partial charge >= 0.3 is 0 Å². The van der Waals surface area contributed by atoms with Crippen LogP contribution in [0.3, 0.4) is 0 Å². The van der Waals surface area contributed by atoms with Crippen molar-refractivity contribution in [1.82, 2.24) is 10.2 Å². The van der Waals surface area contributed by atoms with E-state index in [1.54, 1.807) is 4.90 Å². The molecule has 1 saturated heterocycles. The summed E-state index contributed by atoms with van der Waals surface area (Å²) in [7, 11) is 0. The van der Waals surface area contributed by atoms with Crippen molar-refractivity contribution in [2.75, 3.05) is 25.4 Å². The second-order valence-electron chi connectivity index (χ2n) is 4.99. The van der Waals surface area contributed by atoms with Crippen molar-refractivity contribution in [1.29, 1.82) is 0 Å². The highest BCUT2D eigenvalue weighted by atomic mass is 32.2. The average molecular weight is 308 g/mol. The van der Waals surface area contributed by atoms with Crippen molar-refractivity contribution in [3.8, 4) is 0 Å². The van der Waals surface area contributed by atoms with Gasteiger partial charge in [0.1, 0.15) is 0 Å². The fourth-order valence-corrected chi connectivity index (χ4v) is 3.08. The second kappa shape index (κ2) is 8.05. The Morgan fingerprint density at radius 3 is 2.76 bits per heavy atom. The zero-order valence-corrected chi connectivity index (χ0v) is 12.6. The molecule has 0 aromatic heterocycles. The molecule has 1 aliphatic heterocycles. The quantitative estimate of drug-likeness (QED) is 0.796. The topological polar surface area (TPSA) is 69.6 Å². The normalized spacial score (nSPS) is 16.0. The van der Waals surface area contributed by atoms with Crippen LogP contribution in [-0.4, -0.2) is 52.6 Å². The number of rotatable bonds is 7. The lowest BCUT2D eigenvalue weighted by atomic mass is 10.1. The molecule has 21 heavy (non-hydrogen) atoms. The first-order valence-electron chi connectivity index (χ1n) is 7.05. The molecule has 0 saturated carbocycles. The zero-order valence-electron chi connectivity index (χ0n) is 11.8. The summed E-state index contributed by atoms with van der Waals surface area (Å²) in [4.78, 5) is 25.0. The van der Waals surface area contributed by atoms with Crippen LogP contribution in [-0.2, 0) is 11.2 Å². The van der Waals surface area contributed by atoms with Gasteiger partial charge in [0.05, 0.1) is 12.6 Å². The largest absolute Gasteiger partial charge is 0.394 e. The van der Waals surface area contributed by atoms with Crippen LogP contribution in [0, 0.1) is 0 Å². The summed E-state index contributed by atoms with van der Waals surface area (Å²) >= 11 is 1.29.